The molecule has 1 aromatic carbocycles. The lowest BCUT2D eigenvalue weighted by molar-refractivity contribution is -0.130. The molecule has 0 spiro atoms. The highest BCUT2D eigenvalue weighted by atomic mass is 16.3. The third-order valence-electron chi connectivity index (χ3n) is 8.12. The van der Waals surface area contributed by atoms with Crippen LogP contribution in [0.3, 0.4) is 0 Å². The van der Waals surface area contributed by atoms with E-state index in [1.165, 1.54) is 18.1 Å². The van der Waals surface area contributed by atoms with Crippen molar-refractivity contribution in [1.82, 2.24) is 0 Å². The molecular weight excluding hydrogens is 464 g/mol. The zero-order valence-corrected chi connectivity index (χ0v) is 23.2. The Kier molecular flexibility index (Phi) is 10.1. The lowest BCUT2D eigenvalue weighted by Crippen LogP contribution is -2.32. The van der Waals surface area contributed by atoms with Crippen LogP contribution in [0.5, 0.6) is 5.75 Å². The van der Waals surface area contributed by atoms with E-state index in [2.05, 4.69) is 39.0 Å². The van der Waals surface area contributed by atoms with E-state index in [1.807, 2.05) is 6.92 Å². The van der Waals surface area contributed by atoms with Crippen molar-refractivity contribution >= 4 is 17.3 Å². The van der Waals surface area contributed by atoms with Crippen LogP contribution < -0.4 is 0 Å². The van der Waals surface area contributed by atoms with Gasteiger partial charge < -0.3 is 10.2 Å². The van der Waals surface area contributed by atoms with Gasteiger partial charge in [-0.2, -0.15) is 0 Å². The molecule has 3 atom stereocenters. The first-order chi connectivity index (χ1) is 17.5. The zero-order valence-electron chi connectivity index (χ0n) is 23.2. The minimum Gasteiger partial charge on any atom is -0.507 e. The number of aryl methyl sites for hydroxylation is 1. The van der Waals surface area contributed by atoms with E-state index in [9.17, 15) is 24.6 Å². The Morgan fingerprint density at radius 3 is 2.46 bits per heavy atom. The molecule has 2 aliphatic rings. The quantitative estimate of drug-likeness (QED) is 0.300. The number of hydrogen-bond acceptors (Lipinski definition) is 5. The van der Waals surface area contributed by atoms with Crippen LogP contribution in [-0.4, -0.2) is 34.2 Å². The Morgan fingerprint density at radius 1 is 1.16 bits per heavy atom. The second-order valence-corrected chi connectivity index (χ2v) is 11.6. The molecule has 0 amide bonds. The Morgan fingerprint density at radius 2 is 1.89 bits per heavy atom. The van der Waals surface area contributed by atoms with Crippen LogP contribution in [0.4, 0.5) is 0 Å². The summed E-state index contributed by atoms with van der Waals surface area (Å²) in [5.41, 5.74) is 6.03. The molecule has 0 fully saturated rings. The van der Waals surface area contributed by atoms with E-state index in [-0.39, 0.29) is 53.9 Å². The summed E-state index contributed by atoms with van der Waals surface area (Å²) in [5, 5.41) is 21.2. The molecule has 0 saturated carbocycles. The summed E-state index contributed by atoms with van der Waals surface area (Å²) in [6, 6.07) is 2.10. The second kappa shape index (κ2) is 12.8. The molecular formula is C32H44O5. The van der Waals surface area contributed by atoms with Gasteiger partial charge in [-0.05, 0) is 86.8 Å². The van der Waals surface area contributed by atoms with Crippen molar-refractivity contribution in [3.05, 3.63) is 51.6 Å². The lowest BCUT2D eigenvalue weighted by atomic mass is 9.71. The Bertz CT molecular complexity index is 1090. The molecule has 3 unspecified atom stereocenters. The third kappa shape index (κ3) is 7.07. The van der Waals surface area contributed by atoms with Crippen molar-refractivity contribution in [1.29, 1.82) is 0 Å². The van der Waals surface area contributed by atoms with Crippen molar-refractivity contribution in [2.24, 2.45) is 17.8 Å². The maximum atomic E-state index is 13.5. The largest absolute Gasteiger partial charge is 0.507 e. The first-order valence-electron chi connectivity index (χ1n) is 14.0. The zero-order chi connectivity index (χ0) is 27.3. The van der Waals surface area contributed by atoms with Gasteiger partial charge >= 0.3 is 0 Å². The van der Waals surface area contributed by atoms with Crippen molar-refractivity contribution in [2.45, 2.75) is 98.3 Å². The molecule has 0 aromatic heterocycles. The van der Waals surface area contributed by atoms with E-state index >= 15 is 0 Å². The van der Waals surface area contributed by atoms with Crippen molar-refractivity contribution < 1.29 is 24.6 Å². The summed E-state index contributed by atoms with van der Waals surface area (Å²) in [7, 11) is 0. The predicted molar refractivity (Wildman–Crippen MR) is 147 cm³/mol. The topological polar surface area (TPSA) is 91.7 Å². The standard InChI is InChI=1S/C32H44O5/c1-6-7-24(28(18-33)29(35)13-21(5)34)14-23-15-27-26(19(2)3)17-25(32(37)31(27)30(36)16-23)11-10-22-9-8-20(4)12-22/h8,12,17,19,23-24,28,33,37H,6-7,9-11,13-16,18H2,1-5H3. The van der Waals surface area contributed by atoms with Gasteiger partial charge in [0.15, 0.2) is 5.78 Å². The van der Waals surface area contributed by atoms with Crippen LogP contribution in [0.15, 0.2) is 29.4 Å². The maximum Gasteiger partial charge on any atom is 0.167 e. The number of Topliss-reactive ketones (excluding diaryl/α,β-unsaturated/α-hetero) is 3. The summed E-state index contributed by atoms with van der Waals surface area (Å²) in [6.07, 6.45) is 10.1. The number of carbonyl (C=O) groups excluding carboxylic acids is 3. The van der Waals surface area contributed by atoms with Crippen LogP contribution in [0.1, 0.15) is 113 Å². The van der Waals surface area contributed by atoms with Gasteiger partial charge in [0, 0.05) is 12.3 Å². The molecule has 0 heterocycles. The van der Waals surface area contributed by atoms with Gasteiger partial charge in [0.1, 0.15) is 17.3 Å². The van der Waals surface area contributed by atoms with Crippen molar-refractivity contribution in [3.8, 4) is 5.75 Å². The molecule has 2 N–H and O–H groups in total. The first kappa shape index (κ1) is 29.0. The molecule has 1 aromatic rings. The highest BCUT2D eigenvalue weighted by molar-refractivity contribution is 6.02. The Labute approximate surface area is 222 Å². The number of benzene rings is 1. The Balaban J connectivity index is 1.86. The minimum atomic E-state index is -0.580. The Hall–Kier alpha value is -2.53. The average Bonchev–Trinajstić information content (AvgIpc) is 3.23. The highest BCUT2D eigenvalue weighted by Gasteiger charge is 2.35. The first-order valence-corrected chi connectivity index (χ1v) is 14.0. The molecule has 3 rings (SSSR count). The van der Waals surface area contributed by atoms with Crippen LogP contribution in [0, 0.1) is 17.8 Å². The number of allylic oxidation sites excluding steroid dienone is 4. The number of aromatic hydroxyl groups is 1. The highest BCUT2D eigenvalue weighted by Crippen LogP contribution is 2.42. The van der Waals surface area contributed by atoms with Gasteiger partial charge in [0.2, 0.25) is 0 Å². The number of aliphatic hydroxyl groups excluding tert-OH is 1. The van der Waals surface area contributed by atoms with Gasteiger partial charge in [0.25, 0.3) is 0 Å². The molecule has 2 aliphatic carbocycles. The molecule has 0 aliphatic heterocycles. The monoisotopic (exact) mass is 508 g/mol. The fourth-order valence-corrected chi connectivity index (χ4v) is 6.28. The summed E-state index contributed by atoms with van der Waals surface area (Å²) < 4.78 is 0. The molecule has 202 valence electrons. The number of phenolic OH excluding ortho intramolecular Hbond substituents is 1. The number of aliphatic hydroxyl groups is 1. The van der Waals surface area contributed by atoms with Gasteiger partial charge in [0.05, 0.1) is 18.6 Å². The van der Waals surface area contributed by atoms with Crippen molar-refractivity contribution in [3.63, 3.8) is 0 Å². The molecule has 0 bridgehead atoms. The van der Waals surface area contributed by atoms with E-state index in [0.29, 0.717) is 31.2 Å². The fourth-order valence-electron chi connectivity index (χ4n) is 6.28. The predicted octanol–water partition coefficient (Wildman–Crippen LogP) is 6.43. The maximum absolute atomic E-state index is 13.5. The number of phenols is 1. The number of fused-ring (bicyclic) bond motifs is 1. The SMILES string of the molecule is CCCC(CC1CC(=O)c2c(O)c(CCC3=CC(C)=CC3)cc(C(C)C)c2C1)C(CO)C(=O)CC(C)=O. The van der Waals surface area contributed by atoms with Crippen LogP contribution in [0.25, 0.3) is 0 Å². The normalized spacial score (nSPS) is 18.9. The number of carbonyl (C=O) groups is 3. The lowest BCUT2D eigenvalue weighted by Gasteiger charge is -2.33. The van der Waals surface area contributed by atoms with Gasteiger partial charge in [-0.25, -0.2) is 0 Å². The van der Waals surface area contributed by atoms with Crippen LogP contribution in [0.2, 0.25) is 0 Å². The van der Waals surface area contributed by atoms with E-state index in [0.717, 1.165) is 42.4 Å². The molecule has 37 heavy (non-hydrogen) atoms. The third-order valence-corrected chi connectivity index (χ3v) is 8.12. The second-order valence-electron chi connectivity index (χ2n) is 11.6. The van der Waals surface area contributed by atoms with E-state index < -0.39 is 5.92 Å². The van der Waals surface area contributed by atoms with Gasteiger partial charge in [-0.3, -0.25) is 14.4 Å². The summed E-state index contributed by atoms with van der Waals surface area (Å²) in [4.78, 5) is 37.7. The minimum absolute atomic E-state index is 0.0315. The average molecular weight is 509 g/mol. The number of hydrogen-bond donors (Lipinski definition) is 2. The van der Waals surface area contributed by atoms with Crippen LogP contribution in [-0.2, 0) is 22.4 Å². The van der Waals surface area contributed by atoms with E-state index in [4.69, 9.17) is 0 Å². The summed E-state index contributed by atoms with van der Waals surface area (Å²) in [6.45, 7) is 9.52. The molecule has 0 radical (unpaired) electrons. The molecule has 0 saturated heterocycles. The van der Waals surface area contributed by atoms with E-state index in [1.54, 1.807) is 0 Å². The van der Waals surface area contributed by atoms with Gasteiger partial charge in [-0.15, -0.1) is 0 Å². The number of ketones is 3. The molecule has 5 nitrogen and oxygen atoms in total. The molecule has 5 heteroatoms. The van der Waals surface area contributed by atoms with Crippen LogP contribution >= 0.6 is 0 Å². The smallest absolute Gasteiger partial charge is 0.167 e. The summed E-state index contributed by atoms with van der Waals surface area (Å²) in [5.74, 6) is -0.693. The fraction of sp³-hybridized carbons (Fsp3) is 0.594. The van der Waals surface area contributed by atoms with Crippen molar-refractivity contribution in [2.75, 3.05) is 6.61 Å². The summed E-state index contributed by atoms with van der Waals surface area (Å²) >= 11 is 0. The number of rotatable bonds is 13. The van der Waals surface area contributed by atoms with Gasteiger partial charge in [-0.1, -0.05) is 56.6 Å².